The predicted octanol–water partition coefficient (Wildman–Crippen LogP) is 4.67. The molecule has 0 radical (unpaired) electrons. The van der Waals surface area contributed by atoms with Crippen LogP contribution in [0.15, 0.2) is 85.6 Å². The standard InChI is InChI=1S/C18H14BrN5O2S/c19-13-9-21-18(22-10-13)27-15-7-5-14(6-8-15)23-11-26-24-12-25-17-4-2-1-3-16(17)20/h1-12H,20H2/b23-11?,24-12+. The van der Waals surface area contributed by atoms with E-state index in [2.05, 4.69) is 36.0 Å². The number of nitrogens with zero attached hydrogens (tertiary/aromatic N) is 4. The summed E-state index contributed by atoms with van der Waals surface area (Å²) < 4.78 is 6.09. The van der Waals surface area contributed by atoms with E-state index in [-0.39, 0.29) is 0 Å². The average Bonchev–Trinajstić information content (AvgIpc) is 2.69. The first-order valence-corrected chi connectivity index (χ1v) is 9.28. The summed E-state index contributed by atoms with van der Waals surface area (Å²) in [6, 6.07) is 14.6. The molecule has 1 heterocycles. The normalized spacial score (nSPS) is 11.1. The zero-order chi connectivity index (χ0) is 18.9. The van der Waals surface area contributed by atoms with Crippen LogP contribution in [-0.2, 0) is 4.84 Å². The van der Waals surface area contributed by atoms with Crippen LogP contribution in [0.1, 0.15) is 0 Å². The lowest BCUT2D eigenvalue weighted by Crippen LogP contribution is -1.95. The molecule has 2 aromatic carbocycles. The topological polar surface area (TPSA) is 95.0 Å². The van der Waals surface area contributed by atoms with E-state index in [9.17, 15) is 0 Å². The van der Waals surface area contributed by atoms with Gasteiger partial charge in [0.2, 0.25) is 12.8 Å². The highest BCUT2D eigenvalue weighted by molar-refractivity contribution is 9.10. The number of nitrogen functional groups attached to an aromatic ring is 1. The van der Waals surface area contributed by atoms with Gasteiger partial charge in [0.1, 0.15) is 0 Å². The van der Waals surface area contributed by atoms with E-state index in [4.69, 9.17) is 15.3 Å². The molecule has 3 aromatic rings. The molecule has 0 saturated heterocycles. The Balaban J connectivity index is 1.47. The summed E-state index contributed by atoms with van der Waals surface area (Å²) in [5.41, 5.74) is 6.98. The van der Waals surface area contributed by atoms with Crippen LogP contribution in [-0.4, -0.2) is 22.8 Å². The second-order valence-corrected chi connectivity index (χ2v) is 6.94. The predicted molar refractivity (Wildman–Crippen MR) is 110 cm³/mol. The fraction of sp³-hybridized carbons (Fsp3) is 0. The summed E-state index contributed by atoms with van der Waals surface area (Å²) >= 11 is 4.77. The Bertz CT molecular complexity index is 933. The molecule has 9 heteroatoms. The number of benzene rings is 2. The molecular formula is C18H14BrN5O2S. The highest BCUT2D eigenvalue weighted by Crippen LogP contribution is 2.26. The number of aromatic nitrogens is 2. The molecule has 136 valence electrons. The molecule has 2 N–H and O–H groups in total. The van der Waals surface area contributed by atoms with E-state index in [1.54, 1.807) is 24.5 Å². The van der Waals surface area contributed by atoms with Crippen molar-refractivity contribution < 1.29 is 9.57 Å². The number of halogens is 1. The zero-order valence-electron chi connectivity index (χ0n) is 13.9. The van der Waals surface area contributed by atoms with Crippen molar-refractivity contribution in [3.63, 3.8) is 0 Å². The van der Waals surface area contributed by atoms with Crippen molar-refractivity contribution in [1.82, 2.24) is 9.97 Å². The van der Waals surface area contributed by atoms with Crippen molar-refractivity contribution in [2.24, 2.45) is 10.1 Å². The van der Waals surface area contributed by atoms with Crippen LogP contribution < -0.4 is 10.5 Å². The SMILES string of the molecule is Nc1ccccc1O/C=N/OC=Nc1ccc(Sc2ncc(Br)cn2)cc1. The molecule has 0 saturated carbocycles. The van der Waals surface area contributed by atoms with Gasteiger partial charge in [-0.3, -0.25) is 0 Å². The molecule has 3 rings (SSSR count). The van der Waals surface area contributed by atoms with E-state index < -0.39 is 0 Å². The molecule has 0 aliphatic carbocycles. The lowest BCUT2D eigenvalue weighted by atomic mass is 10.3. The Kier molecular flexibility index (Phi) is 6.78. The smallest absolute Gasteiger partial charge is 0.219 e. The van der Waals surface area contributed by atoms with Gasteiger partial charge in [0.15, 0.2) is 10.9 Å². The van der Waals surface area contributed by atoms with Gasteiger partial charge in [-0.1, -0.05) is 12.1 Å². The van der Waals surface area contributed by atoms with Gasteiger partial charge in [-0.05, 0) is 69.2 Å². The second kappa shape index (κ2) is 9.70. The Labute approximate surface area is 168 Å². The van der Waals surface area contributed by atoms with Gasteiger partial charge >= 0.3 is 0 Å². The lowest BCUT2D eigenvalue weighted by Gasteiger charge is -2.01. The van der Waals surface area contributed by atoms with Crippen LogP contribution in [0.4, 0.5) is 11.4 Å². The third kappa shape index (κ3) is 6.08. The molecule has 27 heavy (non-hydrogen) atoms. The highest BCUT2D eigenvalue weighted by Gasteiger charge is 2.00. The number of oxime groups is 1. The van der Waals surface area contributed by atoms with Crippen molar-refractivity contribution in [2.45, 2.75) is 10.1 Å². The van der Waals surface area contributed by atoms with Crippen molar-refractivity contribution >= 4 is 51.9 Å². The number of rotatable bonds is 7. The Morgan fingerprint density at radius 1 is 1.00 bits per heavy atom. The third-order valence-electron chi connectivity index (χ3n) is 3.09. The Hall–Kier alpha value is -2.91. The van der Waals surface area contributed by atoms with E-state index in [1.807, 2.05) is 36.4 Å². The summed E-state index contributed by atoms with van der Waals surface area (Å²) in [5, 5.41) is 4.30. The highest BCUT2D eigenvalue weighted by atomic mass is 79.9. The van der Waals surface area contributed by atoms with Gasteiger partial charge in [0.25, 0.3) is 0 Å². The molecule has 0 unspecified atom stereocenters. The van der Waals surface area contributed by atoms with Crippen molar-refractivity contribution in [3.8, 4) is 5.75 Å². The largest absolute Gasteiger partial charge is 0.440 e. The summed E-state index contributed by atoms with van der Waals surface area (Å²) in [6.07, 6.45) is 5.78. The molecule has 0 amide bonds. The van der Waals surface area contributed by atoms with Gasteiger partial charge < -0.3 is 15.3 Å². The maximum atomic E-state index is 5.74. The Morgan fingerprint density at radius 2 is 1.74 bits per heavy atom. The monoisotopic (exact) mass is 443 g/mol. The quantitative estimate of drug-likeness (QED) is 0.187. The van der Waals surface area contributed by atoms with Crippen LogP contribution in [0.5, 0.6) is 5.75 Å². The fourth-order valence-corrected chi connectivity index (χ4v) is 2.76. The third-order valence-corrected chi connectivity index (χ3v) is 4.40. The number of para-hydroxylation sites is 2. The number of anilines is 1. The fourth-order valence-electron chi connectivity index (χ4n) is 1.86. The van der Waals surface area contributed by atoms with Crippen LogP contribution in [0.2, 0.25) is 0 Å². The first-order valence-electron chi connectivity index (χ1n) is 7.67. The minimum absolute atomic E-state index is 0.504. The van der Waals surface area contributed by atoms with Crippen LogP contribution in [0, 0.1) is 0 Å². The summed E-state index contributed by atoms with van der Waals surface area (Å²) in [5.74, 6) is 0.504. The van der Waals surface area contributed by atoms with Crippen molar-refractivity contribution in [3.05, 3.63) is 65.4 Å². The maximum Gasteiger partial charge on any atom is 0.219 e. The first kappa shape index (κ1) is 18.9. The molecule has 0 aliphatic heterocycles. The zero-order valence-corrected chi connectivity index (χ0v) is 16.3. The molecular weight excluding hydrogens is 430 g/mol. The molecule has 0 atom stereocenters. The van der Waals surface area contributed by atoms with Crippen LogP contribution in [0.3, 0.4) is 0 Å². The van der Waals surface area contributed by atoms with E-state index in [0.717, 1.165) is 21.5 Å². The molecule has 1 aromatic heterocycles. The van der Waals surface area contributed by atoms with Gasteiger partial charge in [-0.25, -0.2) is 15.0 Å². The Morgan fingerprint density at radius 3 is 2.48 bits per heavy atom. The van der Waals surface area contributed by atoms with E-state index in [1.165, 1.54) is 18.2 Å². The minimum Gasteiger partial charge on any atom is -0.440 e. The number of aliphatic imine (C=N–C) groups is 1. The first-order chi connectivity index (χ1) is 13.2. The molecule has 0 bridgehead atoms. The summed E-state index contributed by atoms with van der Waals surface area (Å²) in [4.78, 5) is 18.5. The van der Waals surface area contributed by atoms with Crippen LogP contribution >= 0.6 is 27.7 Å². The van der Waals surface area contributed by atoms with Gasteiger partial charge in [0.05, 0.1) is 15.8 Å². The molecule has 7 nitrogen and oxygen atoms in total. The minimum atomic E-state index is 0.504. The van der Waals surface area contributed by atoms with Gasteiger partial charge in [-0.2, -0.15) is 0 Å². The van der Waals surface area contributed by atoms with E-state index >= 15 is 0 Å². The van der Waals surface area contributed by atoms with Crippen LogP contribution in [0.25, 0.3) is 0 Å². The van der Waals surface area contributed by atoms with Gasteiger partial charge in [-0.15, -0.1) is 0 Å². The van der Waals surface area contributed by atoms with E-state index in [0.29, 0.717) is 16.6 Å². The van der Waals surface area contributed by atoms with Crippen molar-refractivity contribution in [2.75, 3.05) is 5.73 Å². The average molecular weight is 444 g/mol. The number of nitrogens with two attached hydrogens (primary N) is 1. The number of ether oxygens (including phenoxy) is 1. The molecule has 0 fully saturated rings. The summed E-state index contributed by atoms with van der Waals surface area (Å²) in [6.45, 7) is 0. The maximum absolute atomic E-state index is 5.74. The van der Waals surface area contributed by atoms with Gasteiger partial charge in [0, 0.05) is 17.3 Å². The molecule has 0 aliphatic rings. The van der Waals surface area contributed by atoms with Crippen molar-refractivity contribution in [1.29, 1.82) is 0 Å². The number of hydrogen-bond donors (Lipinski definition) is 1. The lowest BCUT2D eigenvalue weighted by molar-refractivity contribution is 0.335. The summed E-state index contributed by atoms with van der Waals surface area (Å²) in [7, 11) is 0. The number of hydrogen-bond acceptors (Lipinski definition) is 8. The molecule has 0 spiro atoms. The second-order valence-electron chi connectivity index (χ2n) is 4.99.